The first-order chi connectivity index (χ1) is 11.5. The Kier molecular flexibility index (Phi) is 3.35. The van der Waals surface area contributed by atoms with Gasteiger partial charge in [-0.25, -0.2) is 0 Å². The van der Waals surface area contributed by atoms with Gasteiger partial charge in [-0.2, -0.15) is 0 Å². The molecular weight excluding hydrogens is 290 g/mol. The van der Waals surface area contributed by atoms with E-state index in [4.69, 9.17) is 4.11 Å². The predicted molar refractivity (Wildman–Crippen MR) is 95.1 cm³/mol. The normalized spacial score (nSPS) is 26.9. The molecule has 2 bridgehead atoms. The zero-order valence-electron chi connectivity index (χ0n) is 15.6. The van der Waals surface area contributed by atoms with Crippen LogP contribution in [-0.2, 0) is 5.41 Å². The summed E-state index contributed by atoms with van der Waals surface area (Å²) in [6.07, 6.45) is 4.22. The minimum Gasteiger partial charge on any atom is -0.320 e. The second-order valence-corrected chi connectivity index (χ2v) is 6.38. The molecule has 2 aromatic rings. The van der Waals surface area contributed by atoms with Crippen LogP contribution in [0.15, 0.2) is 48.5 Å². The van der Waals surface area contributed by atoms with E-state index in [1.807, 2.05) is 0 Å². The lowest BCUT2D eigenvalue weighted by Gasteiger charge is -2.50. The first-order valence-electron chi connectivity index (χ1n) is 9.45. The lowest BCUT2D eigenvalue weighted by Crippen LogP contribution is -2.40. The van der Waals surface area contributed by atoms with Crippen molar-refractivity contribution in [1.82, 2.24) is 5.32 Å². The van der Waals surface area contributed by atoms with E-state index in [1.165, 1.54) is 35.1 Å². The van der Waals surface area contributed by atoms with Crippen molar-refractivity contribution in [3.63, 3.8) is 0 Å². The Labute approximate surface area is 143 Å². The maximum absolute atomic E-state index is 7.31. The van der Waals surface area contributed by atoms with E-state index in [-0.39, 0.29) is 17.8 Å². The van der Waals surface area contributed by atoms with Crippen LogP contribution in [0, 0.1) is 0 Å². The topological polar surface area (TPSA) is 12.0 Å². The van der Waals surface area contributed by atoms with E-state index >= 15 is 0 Å². The molecule has 116 valence electrons. The number of hydrogen-bond acceptors (Lipinski definition) is 1. The van der Waals surface area contributed by atoms with E-state index in [2.05, 4.69) is 53.8 Å². The highest BCUT2D eigenvalue weighted by Crippen LogP contribution is 2.57. The Balaban J connectivity index is 0.00000182. The van der Waals surface area contributed by atoms with Gasteiger partial charge in [0.15, 0.2) is 0 Å². The molecule has 0 unspecified atom stereocenters. The standard InChI is InChI=1S/C20H23N.ClH/c1-21-14-6-12-20-13-11-15(16-7-2-4-9-18(16)20)17-8-3-5-10-19(17)20;/h2-5,7-10,15,21H,6,11-14H2,1H3;1H/i1D3;. The molecule has 0 spiro atoms. The smallest absolute Gasteiger partial charge is 0.0391 e. The van der Waals surface area contributed by atoms with Crippen molar-refractivity contribution in [1.29, 1.82) is 0 Å². The van der Waals surface area contributed by atoms with Crippen molar-refractivity contribution in [2.24, 2.45) is 0 Å². The van der Waals surface area contributed by atoms with Crippen LogP contribution >= 0.6 is 12.4 Å². The summed E-state index contributed by atoms with van der Waals surface area (Å²) in [5.74, 6) is 0.528. The van der Waals surface area contributed by atoms with E-state index in [0.29, 0.717) is 12.5 Å². The molecule has 3 aliphatic rings. The highest BCUT2D eigenvalue weighted by atomic mass is 35.5. The van der Waals surface area contributed by atoms with Crippen molar-refractivity contribution < 1.29 is 4.11 Å². The van der Waals surface area contributed by atoms with Crippen molar-refractivity contribution in [2.45, 2.75) is 37.0 Å². The van der Waals surface area contributed by atoms with Crippen LogP contribution in [0.5, 0.6) is 0 Å². The molecule has 0 aliphatic heterocycles. The molecule has 1 N–H and O–H groups in total. The average molecular weight is 317 g/mol. The minimum absolute atomic E-state index is 0. The largest absolute Gasteiger partial charge is 0.320 e. The van der Waals surface area contributed by atoms with Crippen LogP contribution in [0.2, 0.25) is 0 Å². The van der Waals surface area contributed by atoms with Gasteiger partial charge in [0.25, 0.3) is 0 Å². The van der Waals surface area contributed by atoms with Gasteiger partial charge >= 0.3 is 0 Å². The summed E-state index contributed by atoms with van der Waals surface area (Å²) in [6, 6.07) is 17.7. The molecule has 0 saturated carbocycles. The van der Waals surface area contributed by atoms with E-state index in [1.54, 1.807) is 0 Å². The number of nitrogens with one attached hydrogen (secondary N) is 1. The molecule has 1 nitrogen and oxygen atoms in total. The molecule has 5 rings (SSSR count). The maximum atomic E-state index is 7.31. The van der Waals surface area contributed by atoms with Crippen molar-refractivity contribution in [3.8, 4) is 0 Å². The van der Waals surface area contributed by atoms with Crippen LogP contribution in [0.25, 0.3) is 0 Å². The fraction of sp³-hybridized carbons (Fsp3) is 0.400. The molecule has 0 saturated heterocycles. The number of halogens is 1. The zero-order valence-corrected chi connectivity index (χ0v) is 13.5. The van der Waals surface area contributed by atoms with E-state index in [9.17, 15) is 0 Å². The highest BCUT2D eigenvalue weighted by molar-refractivity contribution is 5.85. The number of hydrogen-bond donors (Lipinski definition) is 1. The molecule has 2 aromatic carbocycles. The highest BCUT2D eigenvalue weighted by Gasteiger charge is 2.47. The van der Waals surface area contributed by atoms with Crippen LogP contribution < -0.4 is 5.32 Å². The maximum Gasteiger partial charge on any atom is 0.0391 e. The quantitative estimate of drug-likeness (QED) is 0.811. The van der Waals surface area contributed by atoms with Gasteiger partial charge in [-0.1, -0.05) is 48.5 Å². The average Bonchev–Trinajstić information content (AvgIpc) is 2.59. The Morgan fingerprint density at radius 2 is 1.73 bits per heavy atom. The van der Waals surface area contributed by atoms with Gasteiger partial charge in [-0.3, -0.25) is 0 Å². The molecular formula is C20H24ClN. The molecule has 0 heterocycles. The van der Waals surface area contributed by atoms with Crippen LogP contribution in [0.3, 0.4) is 0 Å². The number of fused-ring (bicyclic) bond motifs is 1. The summed E-state index contributed by atoms with van der Waals surface area (Å²) in [5, 5.41) is 2.66. The van der Waals surface area contributed by atoms with Crippen LogP contribution in [0.1, 0.15) is 58.0 Å². The minimum atomic E-state index is -2.04. The fourth-order valence-corrected chi connectivity index (χ4v) is 4.63. The van der Waals surface area contributed by atoms with E-state index < -0.39 is 6.98 Å². The fourth-order valence-electron chi connectivity index (χ4n) is 4.63. The van der Waals surface area contributed by atoms with Gasteiger partial charge in [0, 0.05) is 15.4 Å². The third kappa shape index (κ3) is 2.11. The summed E-state index contributed by atoms with van der Waals surface area (Å²) in [6.45, 7) is -1.51. The molecule has 0 atom stereocenters. The molecule has 0 aromatic heterocycles. The lowest BCUT2D eigenvalue weighted by molar-refractivity contribution is 0.341. The Morgan fingerprint density at radius 3 is 2.36 bits per heavy atom. The molecule has 3 aliphatic carbocycles. The SMILES string of the molecule is Cl.[2H]C([2H])([2H])NCCCC12CCC(c3ccccc31)c1ccccc12. The Bertz CT molecular complexity index is 709. The molecule has 22 heavy (non-hydrogen) atoms. The summed E-state index contributed by atoms with van der Waals surface area (Å²) >= 11 is 0. The summed E-state index contributed by atoms with van der Waals surface area (Å²) in [7, 11) is 0. The van der Waals surface area contributed by atoms with Gasteiger partial charge in [-0.15, -0.1) is 12.4 Å². The molecule has 0 radical (unpaired) electrons. The Morgan fingerprint density at radius 1 is 1.09 bits per heavy atom. The zero-order chi connectivity index (χ0) is 16.8. The summed E-state index contributed by atoms with van der Waals surface area (Å²) < 4.78 is 21.9. The predicted octanol–water partition coefficient (Wildman–Crippen LogP) is 4.63. The third-order valence-corrected chi connectivity index (χ3v) is 5.47. The van der Waals surface area contributed by atoms with Crippen molar-refractivity contribution >= 4 is 12.4 Å². The van der Waals surface area contributed by atoms with E-state index in [0.717, 1.165) is 12.8 Å². The van der Waals surface area contributed by atoms with Crippen LogP contribution in [-0.4, -0.2) is 13.5 Å². The Hall–Kier alpha value is -1.31. The summed E-state index contributed by atoms with van der Waals surface area (Å²) in [4.78, 5) is 0. The lowest BCUT2D eigenvalue weighted by atomic mass is 9.54. The monoisotopic (exact) mass is 316 g/mol. The molecule has 0 fully saturated rings. The number of rotatable bonds is 4. The second-order valence-electron chi connectivity index (χ2n) is 6.38. The van der Waals surface area contributed by atoms with Crippen molar-refractivity contribution in [3.05, 3.63) is 70.8 Å². The van der Waals surface area contributed by atoms with Gasteiger partial charge in [0.1, 0.15) is 0 Å². The first-order valence-corrected chi connectivity index (χ1v) is 7.95. The van der Waals surface area contributed by atoms with Gasteiger partial charge in [-0.05, 0) is 61.5 Å². The van der Waals surface area contributed by atoms with Gasteiger partial charge < -0.3 is 5.32 Å². The number of benzene rings is 2. The van der Waals surface area contributed by atoms with Gasteiger partial charge in [0.2, 0.25) is 0 Å². The second kappa shape index (κ2) is 6.06. The van der Waals surface area contributed by atoms with Gasteiger partial charge in [0.05, 0.1) is 0 Å². The third-order valence-electron chi connectivity index (χ3n) is 5.47. The molecule has 0 amide bonds. The molecule has 2 heteroatoms. The van der Waals surface area contributed by atoms with Crippen molar-refractivity contribution in [2.75, 3.05) is 13.5 Å². The first kappa shape index (κ1) is 12.2. The summed E-state index contributed by atoms with van der Waals surface area (Å²) in [5.41, 5.74) is 5.94. The van der Waals surface area contributed by atoms with Crippen LogP contribution in [0.4, 0.5) is 0 Å².